The summed E-state index contributed by atoms with van der Waals surface area (Å²) in [5.41, 5.74) is -0.315. The Hall–Kier alpha value is -0.736. The van der Waals surface area contributed by atoms with Crippen LogP contribution in [0.3, 0.4) is 0 Å². The van der Waals surface area contributed by atoms with Crippen molar-refractivity contribution in [1.82, 2.24) is 4.90 Å². The van der Waals surface area contributed by atoms with Crippen molar-refractivity contribution in [3.63, 3.8) is 0 Å². The monoisotopic (exact) mass is 316 g/mol. The van der Waals surface area contributed by atoms with Crippen LogP contribution >= 0.6 is 0 Å². The molecular formula is C15H22F2N2Ti. The molecule has 0 atom stereocenters. The molecule has 5 heteroatoms. The number of halogens is 2. The first-order valence-electron chi connectivity index (χ1n) is 5.45. The third kappa shape index (κ3) is 5.33. The molecule has 1 aliphatic heterocycles. The molecule has 1 fully saturated rings. The first-order chi connectivity index (χ1) is 7.70. The van der Waals surface area contributed by atoms with E-state index in [0.717, 1.165) is 31.4 Å². The summed E-state index contributed by atoms with van der Waals surface area (Å²) in [5.74, 6) is -1.72. The molecule has 1 saturated heterocycles. The van der Waals surface area contributed by atoms with Gasteiger partial charge in [0.15, 0.2) is 0 Å². The second kappa shape index (κ2) is 11.0. The molecule has 2 rings (SSSR count). The fourth-order valence-corrected chi connectivity index (χ4v) is 1.98. The molecule has 0 radical (unpaired) electrons. The summed E-state index contributed by atoms with van der Waals surface area (Å²) >= 11 is 0. The topological polar surface area (TPSA) is 25.5 Å². The quantitative estimate of drug-likeness (QED) is 0.331. The van der Waals surface area contributed by atoms with E-state index in [1.54, 1.807) is 4.90 Å². The average molecular weight is 316 g/mol. The summed E-state index contributed by atoms with van der Waals surface area (Å²) < 4.78 is 26.8. The van der Waals surface area contributed by atoms with Crippen LogP contribution in [0.15, 0.2) is 18.2 Å². The van der Waals surface area contributed by atoms with Crippen LogP contribution in [0.4, 0.5) is 8.78 Å². The Morgan fingerprint density at radius 3 is 1.85 bits per heavy atom. The molecule has 1 aliphatic rings. The van der Waals surface area contributed by atoms with Gasteiger partial charge in [-0.25, -0.2) is 8.78 Å². The number of hydrogen-bond acceptors (Lipinski definition) is 0. The normalized spacial score (nSPS) is 13.0. The summed E-state index contributed by atoms with van der Waals surface area (Å²) in [6, 6.07) is 3.59. The molecule has 0 aliphatic carbocycles. The van der Waals surface area contributed by atoms with Crippen molar-refractivity contribution in [3.05, 3.63) is 63.1 Å². The second-order valence-electron chi connectivity index (χ2n) is 3.97. The molecule has 0 unspecified atom stereocenters. The Morgan fingerprint density at radius 2 is 1.40 bits per heavy atom. The third-order valence-corrected chi connectivity index (χ3v) is 2.84. The molecule has 1 heterocycles. The predicted octanol–water partition coefficient (Wildman–Crippen LogP) is 4.12. The molecule has 0 N–H and O–H groups in total. The number of nitrogens with zero attached hydrogens (tertiary/aromatic N) is 2. The van der Waals surface area contributed by atoms with E-state index in [-0.39, 0.29) is 55.4 Å². The number of rotatable bonds is 1. The zero-order valence-corrected chi connectivity index (χ0v) is 14.0. The van der Waals surface area contributed by atoms with Crippen molar-refractivity contribution >= 4 is 5.84 Å². The summed E-state index contributed by atoms with van der Waals surface area (Å²) in [7, 11) is 0. The number of likely N-dealkylation sites (tertiary alicyclic amines) is 1. The van der Waals surface area contributed by atoms with Crippen molar-refractivity contribution in [3.8, 4) is 0 Å². The van der Waals surface area contributed by atoms with E-state index in [9.17, 15) is 14.2 Å². The number of benzene rings is 1. The predicted molar refractivity (Wildman–Crippen MR) is 78.5 cm³/mol. The van der Waals surface area contributed by atoms with Gasteiger partial charge >= 0.3 is 21.7 Å². The van der Waals surface area contributed by atoms with Crippen LogP contribution in [0.2, 0.25) is 0 Å². The van der Waals surface area contributed by atoms with Crippen LogP contribution in [0, 0.1) is 33.9 Å². The minimum absolute atomic E-state index is 0. The molecule has 0 aromatic heterocycles. The minimum Gasteiger partial charge on any atom is -0.468 e. The van der Waals surface area contributed by atoms with Crippen LogP contribution in [-0.4, -0.2) is 23.8 Å². The first kappa shape index (κ1) is 24.3. The smallest absolute Gasteiger partial charge is 0.468 e. The van der Waals surface area contributed by atoms with Crippen molar-refractivity contribution < 1.29 is 30.5 Å². The van der Waals surface area contributed by atoms with Gasteiger partial charge in [0.05, 0.1) is 0 Å². The molecule has 110 valence electrons. The molecule has 0 saturated carbocycles. The summed E-state index contributed by atoms with van der Waals surface area (Å²) in [6.07, 6.45) is 2.99. The van der Waals surface area contributed by atoms with Crippen molar-refractivity contribution in [2.75, 3.05) is 13.1 Å². The molecule has 1 aromatic rings. The summed E-state index contributed by atoms with van der Waals surface area (Å²) in [4.78, 5) is 1.63. The number of piperidine rings is 1. The van der Waals surface area contributed by atoms with Gasteiger partial charge in [0, 0.05) is 5.56 Å². The number of hydrogen-bond donors (Lipinski definition) is 0. The van der Waals surface area contributed by atoms with Gasteiger partial charge in [0.1, 0.15) is 11.6 Å². The maximum atomic E-state index is 13.4. The third-order valence-electron chi connectivity index (χ3n) is 2.84. The maximum Gasteiger partial charge on any atom is 4.00 e. The van der Waals surface area contributed by atoms with Gasteiger partial charge in [-0.15, -0.1) is 0 Å². The van der Waals surface area contributed by atoms with Crippen LogP contribution in [0.25, 0.3) is 5.41 Å². The molecule has 2 nitrogen and oxygen atoms in total. The van der Waals surface area contributed by atoms with E-state index in [2.05, 4.69) is 0 Å². The zero-order valence-electron chi connectivity index (χ0n) is 12.4. The summed E-state index contributed by atoms with van der Waals surface area (Å²) in [6.45, 7) is 1.30. The van der Waals surface area contributed by atoms with Crippen LogP contribution < -0.4 is 0 Å². The van der Waals surface area contributed by atoms with Gasteiger partial charge in [-0.2, -0.15) is 0 Å². The average Bonchev–Trinajstić information content (AvgIpc) is 2.30. The Balaban J connectivity index is -0.000000722. The zero-order chi connectivity index (χ0) is 11.5. The van der Waals surface area contributed by atoms with E-state index in [1.807, 2.05) is 0 Å². The molecule has 0 bridgehead atoms. The standard InChI is InChI=1S/C12H13F2N2.3CH3.Ti/c13-9-5-4-6-10(14)11(9)12(15)16-7-2-1-3-8-16;;;;/h4-6H,1-3,7-8H2;3*1H3;/q4*-1;+4. The Labute approximate surface area is 137 Å². The molecule has 0 spiro atoms. The van der Waals surface area contributed by atoms with Gasteiger partial charge in [-0.3, -0.25) is 0 Å². The van der Waals surface area contributed by atoms with E-state index in [0.29, 0.717) is 13.1 Å². The Kier molecular flexibility index (Phi) is 13.3. The van der Waals surface area contributed by atoms with Gasteiger partial charge < -0.3 is 32.6 Å². The van der Waals surface area contributed by atoms with Crippen molar-refractivity contribution in [1.29, 1.82) is 0 Å². The Morgan fingerprint density at radius 1 is 0.950 bits per heavy atom. The molecule has 1 aromatic carbocycles. The van der Waals surface area contributed by atoms with Crippen molar-refractivity contribution in [2.24, 2.45) is 0 Å². The number of amidine groups is 1. The van der Waals surface area contributed by atoms with Crippen LogP contribution in [-0.2, 0) is 21.7 Å². The van der Waals surface area contributed by atoms with E-state index in [1.165, 1.54) is 6.07 Å². The fraction of sp³-hybridized carbons (Fsp3) is 0.333. The van der Waals surface area contributed by atoms with E-state index < -0.39 is 11.6 Å². The minimum atomic E-state index is -0.719. The van der Waals surface area contributed by atoms with Crippen LogP contribution in [0.5, 0.6) is 0 Å². The largest absolute Gasteiger partial charge is 4.00 e. The van der Waals surface area contributed by atoms with E-state index in [4.69, 9.17) is 0 Å². The Bertz CT molecular complexity index is 385. The SMILES string of the molecule is [CH3-].[CH3-].[CH3-].[N-]=C(c1c(F)cccc1F)N1CCCCC1.[Ti+4]. The first-order valence-corrected chi connectivity index (χ1v) is 5.45. The molecule has 0 amide bonds. The second-order valence-corrected chi connectivity index (χ2v) is 3.97. The molecule has 20 heavy (non-hydrogen) atoms. The maximum absolute atomic E-state index is 13.4. The summed E-state index contributed by atoms with van der Waals surface area (Å²) in [5, 5.41) is 9.87. The van der Waals surface area contributed by atoms with Gasteiger partial charge in [-0.05, 0) is 25.2 Å². The van der Waals surface area contributed by atoms with E-state index >= 15 is 0 Å². The van der Waals surface area contributed by atoms with Gasteiger partial charge in [-0.1, -0.05) is 31.2 Å². The molecular weight excluding hydrogens is 294 g/mol. The van der Waals surface area contributed by atoms with Gasteiger partial charge in [0.2, 0.25) is 0 Å². The fourth-order valence-electron chi connectivity index (χ4n) is 1.98. The van der Waals surface area contributed by atoms with Crippen molar-refractivity contribution in [2.45, 2.75) is 19.3 Å². The van der Waals surface area contributed by atoms with Crippen LogP contribution in [0.1, 0.15) is 24.8 Å². The van der Waals surface area contributed by atoms with Gasteiger partial charge in [0.25, 0.3) is 0 Å².